The molecule has 0 radical (unpaired) electrons. The van der Waals surface area contributed by atoms with Gasteiger partial charge in [0.2, 0.25) is 0 Å². The lowest BCUT2D eigenvalue weighted by atomic mass is 10.3. The van der Waals surface area contributed by atoms with Crippen molar-refractivity contribution >= 4 is 44.6 Å². The van der Waals surface area contributed by atoms with Gasteiger partial charge in [0.1, 0.15) is 4.90 Å². The first-order valence-electron chi connectivity index (χ1n) is 5.18. The van der Waals surface area contributed by atoms with Crippen molar-refractivity contribution in [2.24, 2.45) is 0 Å². The normalized spacial score (nSPS) is 11.3. The predicted octanol–water partition coefficient (Wildman–Crippen LogP) is 2.91. The Hall–Kier alpha value is -1.57. The molecule has 0 aliphatic rings. The van der Waals surface area contributed by atoms with Crippen LogP contribution in [0.2, 0.25) is 10.0 Å². The molecule has 5 nitrogen and oxygen atoms in total. The number of pyridine rings is 1. The summed E-state index contributed by atoms with van der Waals surface area (Å²) in [5.74, 6) is -1.00. The smallest absolute Gasteiger partial charge is 0.263 e. The van der Waals surface area contributed by atoms with Gasteiger partial charge in [0.25, 0.3) is 10.0 Å². The number of benzene rings is 1. The molecule has 106 valence electrons. The third-order valence-corrected chi connectivity index (χ3v) is 4.57. The van der Waals surface area contributed by atoms with Gasteiger partial charge in [-0.1, -0.05) is 23.2 Å². The van der Waals surface area contributed by atoms with Gasteiger partial charge in [-0.05, 0) is 18.2 Å². The number of halogens is 3. The monoisotopic (exact) mass is 335 g/mol. The highest BCUT2D eigenvalue weighted by Crippen LogP contribution is 2.31. The Kier molecular flexibility index (Phi) is 4.03. The van der Waals surface area contributed by atoms with E-state index in [2.05, 4.69) is 9.71 Å². The van der Waals surface area contributed by atoms with E-state index in [9.17, 15) is 12.8 Å². The summed E-state index contributed by atoms with van der Waals surface area (Å²) in [5, 5.41) is -0.852. The van der Waals surface area contributed by atoms with Gasteiger partial charge in [-0.25, -0.2) is 12.8 Å². The SMILES string of the molecule is Nc1cnccc1NS(=O)(=O)c1ccc(Cl)c(F)c1Cl. The van der Waals surface area contributed by atoms with Crippen LogP contribution >= 0.6 is 23.2 Å². The zero-order chi connectivity index (χ0) is 14.9. The third kappa shape index (κ3) is 2.79. The van der Waals surface area contributed by atoms with Crippen LogP contribution in [0, 0.1) is 5.82 Å². The first kappa shape index (κ1) is 14.8. The van der Waals surface area contributed by atoms with Crippen LogP contribution in [0.5, 0.6) is 0 Å². The van der Waals surface area contributed by atoms with Gasteiger partial charge < -0.3 is 5.73 Å². The summed E-state index contributed by atoms with van der Waals surface area (Å²) in [6.07, 6.45) is 2.64. The van der Waals surface area contributed by atoms with Crippen LogP contribution in [0.3, 0.4) is 0 Å². The molecule has 3 N–H and O–H groups in total. The van der Waals surface area contributed by atoms with Crippen molar-refractivity contribution in [1.82, 2.24) is 4.98 Å². The van der Waals surface area contributed by atoms with Crippen LogP contribution in [0.1, 0.15) is 0 Å². The zero-order valence-corrected chi connectivity index (χ0v) is 12.1. The van der Waals surface area contributed by atoms with Gasteiger partial charge in [0.05, 0.1) is 27.6 Å². The molecule has 2 aromatic rings. The number of nitrogens with one attached hydrogen (secondary N) is 1. The Morgan fingerprint density at radius 2 is 1.95 bits per heavy atom. The highest BCUT2D eigenvalue weighted by atomic mass is 35.5. The molecule has 0 spiro atoms. The van der Waals surface area contributed by atoms with Crippen molar-refractivity contribution in [2.45, 2.75) is 4.90 Å². The molecule has 0 saturated heterocycles. The number of hydrogen-bond donors (Lipinski definition) is 2. The van der Waals surface area contributed by atoms with E-state index in [4.69, 9.17) is 28.9 Å². The van der Waals surface area contributed by atoms with Gasteiger partial charge in [0.15, 0.2) is 5.82 Å². The van der Waals surface area contributed by atoms with Crippen LogP contribution in [0.15, 0.2) is 35.5 Å². The van der Waals surface area contributed by atoms with E-state index in [1.54, 1.807) is 0 Å². The number of nitrogens with two attached hydrogens (primary N) is 1. The lowest BCUT2D eigenvalue weighted by Gasteiger charge is -2.11. The summed E-state index contributed by atoms with van der Waals surface area (Å²) in [6.45, 7) is 0. The minimum Gasteiger partial charge on any atom is -0.396 e. The molecule has 2 rings (SSSR count). The average Bonchev–Trinajstić information content (AvgIpc) is 2.38. The summed E-state index contributed by atoms with van der Waals surface area (Å²) in [6, 6.07) is 3.58. The molecule has 0 unspecified atom stereocenters. The molecule has 0 aliphatic carbocycles. The molecule has 1 aromatic carbocycles. The highest BCUT2D eigenvalue weighted by Gasteiger charge is 2.22. The number of sulfonamides is 1. The van der Waals surface area contributed by atoms with E-state index in [0.717, 1.165) is 12.1 Å². The highest BCUT2D eigenvalue weighted by molar-refractivity contribution is 7.92. The Morgan fingerprint density at radius 3 is 2.60 bits per heavy atom. The molecule has 0 fully saturated rings. The second-order valence-electron chi connectivity index (χ2n) is 3.74. The molecule has 20 heavy (non-hydrogen) atoms. The van der Waals surface area contributed by atoms with E-state index in [1.807, 2.05) is 0 Å². The Morgan fingerprint density at radius 1 is 1.25 bits per heavy atom. The van der Waals surface area contributed by atoms with E-state index in [1.165, 1.54) is 18.5 Å². The van der Waals surface area contributed by atoms with Crippen molar-refractivity contribution in [3.8, 4) is 0 Å². The van der Waals surface area contributed by atoms with Crippen LogP contribution in [-0.4, -0.2) is 13.4 Å². The standard InChI is InChI=1S/C11H8Cl2FN3O2S/c12-6-1-2-9(10(13)11(6)14)20(18,19)17-8-3-4-16-5-7(8)15/h1-5H,15H2,(H,16,17). The van der Waals surface area contributed by atoms with E-state index in [-0.39, 0.29) is 16.4 Å². The molecule has 0 saturated carbocycles. The van der Waals surface area contributed by atoms with Gasteiger partial charge in [-0.3, -0.25) is 9.71 Å². The molecule has 1 aromatic heterocycles. The Bertz CT molecular complexity index is 768. The number of aromatic nitrogens is 1. The first-order chi connectivity index (χ1) is 9.33. The van der Waals surface area contributed by atoms with Gasteiger partial charge in [-0.2, -0.15) is 0 Å². The molecule has 0 amide bonds. The number of nitrogens with zero attached hydrogens (tertiary/aromatic N) is 1. The molecule has 1 heterocycles. The number of nitrogen functional groups attached to an aromatic ring is 1. The summed E-state index contributed by atoms with van der Waals surface area (Å²) < 4.78 is 40.1. The second kappa shape index (κ2) is 5.43. The van der Waals surface area contributed by atoms with Gasteiger partial charge in [-0.15, -0.1) is 0 Å². The fourth-order valence-corrected chi connectivity index (χ4v) is 3.25. The van der Waals surface area contributed by atoms with E-state index >= 15 is 0 Å². The minimum absolute atomic E-state index is 0.117. The molecule has 9 heteroatoms. The zero-order valence-electron chi connectivity index (χ0n) is 9.77. The third-order valence-electron chi connectivity index (χ3n) is 2.39. The number of hydrogen-bond acceptors (Lipinski definition) is 4. The van der Waals surface area contributed by atoms with Crippen molar-refractivity contribution in [2.75, 3.05) is 10.5 Å². The first-order valence-corrected chi connectivity index (χ1v) is 7.42. The quantitative estimate of drug-likeness (QED) is 0.844. The topological polar surface area (TPSA) is 85.1 Å². The summed E-state index contributed by atoms with van der Waals surface area (Å²) in [7, 11) is -4.09. The molecular formula is C11H8Cl2FN3O2S. The molecule has 0 bridgehead atoms. The van der Waals surface area contributed by atoms with E-state index < -0.39 is 25.8 Å². The Balaban J connectivity index is 2.47. The molecule has 0 aliphatic heterocycles. The van der Waals surface area contributed by atoms with Crippen LogP contribution in [-0.2, 0) is 10.0 Å². The number of rotatable bonds is 3. The maximum atomic E-state index is 13.5. The van der Waals surface area contributed by atoms with Crippen LogP contribution < -0.4 is 10.5 Å². The van der Waals surface area contributed by atoms with Gasteiger partial charge >= 0.3 is 0 Å². The number of anilines is 2. The summed E-state index contributed by atoms with van der Waals surface area (Å²) >= 11 is 11.2. The van der Waals surface area contributed by atoms with Crippen molar-refractivity contribution in [3.63, 3.8) is 0 Å². The minimum atomic E-state index is -4.09. The largest absolute Gasteiger partial charge is 0.396 e. The summed E-state index contributed by atoms with van der Waals surface area (Å²) in [4.78, 5) is 3.29. The maximum Gasteiger partial charge on any atom is 0.263 e. The van der Waals surface area contributed by atoms with Crippen molar-refractivity contribution in [3.05, 3.63) is 46.5 Å². The lowest BCUT2D eigenvalue weighted by Crippen LogP contribution is -2.15. The van der Waals surface area contributed by atoms with E-state index in [0.29, 0.717) is 0 Å². The average molecular weight is 336 g/mol. The van der Waals surface area contributed by atoms with Crippen LogP contribution in [0.25, 0.3) is 0 Å². The second-order valence-corrected chi connectivity index (χ2v) is 6.18. The fraction of sp³-hybridized carbons (Fsp3) is 0. The van der Waals surface area contributed by atoms with Gasteiger partial charge in [0, 0.05) is 6.20 Å². The Labute approximate surface area is 124 Å². The molecular weight excluding hydrogens is 328 g/mol. The van der Waals surface area contributed by atoms with Crippen LogP contribution in [0.4, 0.5) is 15.8 Å². The lowest BCUT2D eigenvalue weighted by molar-refractivity contribution is 0.595. The van der Waals surface area contributed by atoms with Crippen molar-refractivity contribution < 1.29 is 12.8 Å². The predicted molar refractivity (Wildman–Crippen MR) is 75.9 cm³/mol. The fourth-order valence-electron chi connectivity index (χ4n) is 1.42. The van der Waals surface area contributed by atoms with Crippen molar-refractivity contribution in [1.29, 1.82) is 0 Å². The molecule has 0 atom stereocenters. The summed E-state index contributed by atoms with van der Waals surface area (Å²) in [5.41, 5.74) is 5.82. The maximum absolute atomic E-state index is 13.5.